The lowest BCUT2D eigenvalue weighted by Gasteiger charge is -2.33. The summed E-state index contributed by atoms with van der Waals surface area (Å²) in [7, 11) is 1.66. The predicted octanol–water partition coefficient (Wildman–Crippen LogP) is -0.232. The van der Waals surface area contributed by atoms with Crippen molar-refractivity contribution in [1.29, 1.82) is 0 Å². The van der Waals surface area contributed by atoms with Gasteiger partial charge in [-0.1, -0.05) is 12.8 Å². The molecular formula is C15H27N3O4. The lowest BCUT2D eigenvalue weighted by atomic mass is 9.86. The number of aliphatic hydroxyl groups excluding tert-OH is 1. The first-order valence-electron chi connectivity index (χ1n) is 7.71. The third kappa shape index (κ3) is 5.29. The van der Waals surface area contributed by atoms with E-state index in [4.69, 9.17) is 5.73 Å². The van der Waals surface area contributed by atoms with Crippen LogP contribution in [0.5, 0.6) is 0 Å². The molecule has 3 amide bonds. The molecule has 126 valence electrons. The molecule has 0 aliphatic heterocycles. The van der Waals surface area contributed by atoms with Crippen molar-refractivity contribution < 1.29 is 19.5 Å². The number of likely N-dealkylation sites (N-methyl/N-ethyl adjacent to an activating group) is 1. The van der Waals surface area contributed by atoms with Gasteiger partial charge < -0.3 is 21.1 Å². The quantitative estimate of drug-likeness (QED) is 0.574. The van der Waals surface area contributed by atoms with Gasteiger partial charge in [0.05, 0.1) is 6.61 Å². The van der Waals surface area contributed by atoms with Crippen LogP contribution in [0.2, 0.25) is 0 Å². The van der Waals surface area contributed by atoms with E-state index in [9.17, 15) is 19.5 Å². The van der Waals surface area contributed by atoms with Gasteiger partial charge in [-0.15, -0.1) is 0 Å². The van der Waals surface area contributed by atoms with E-state index >= 15 is 0 Å². The first-order valence-corrected chi connectivity index (χ1v) is 7.71. The summed E-state index contributed by atoms with van der Waals surface area (Å²) < 4.78 is 0. The molecule has 0 saturated heterocycles. The number of rotatable bonds is 8. The molecule has 1 saturated carbocycles. The fraction of sp³-hybridized carbons (Fsp3) is 0.800. The number of primary amides is 1. The normalized spacial score (nSPS) is 17.8. The average Bonchev–Trinajstić information content (AvgIpc) is 2.91. The van der Waals surface area contributed by atoms with Gasteiger partial charge in [-0.25, -0.2) is 0 Å². The Bertz CT molecular complexity index is 419. The highest BCUT2D eigenvalue weighted by Crippen LogP contribution is 2.38. The van der Waals surface area contributed by atoms with Gasteiger partial charge in [0.15, 0.2) is 0 Å². The molecule has 0 aromatic carbocycles. The van der Waals surface area contributed by atoms with Crippen LogP contribution in [0, 0.1) is 5.41 Å². The molecule has 0 heterocycles. The molecule has 4 N–H and O–H groups in total. The van der Waals surface area contributed by atoms with Crippen LogP contribution >= 0.6 is 0 Å². The molecule has 1 aliphatic rings. The van der Waals surface area contributed by atoms with Crippen molar-refractivity contribution in [2.24, 2.45) is 11.1 Å². The molecule has 1 rings (SSSR count). The van der Waals surface area contributed by atoms with E-state index in [2.05, 4.69) is 5.32 Å². The maximum absolute atomic E-state index is 12.5. The molecule has 22 heavy (non-hydrogen) atoms. The first-order chi connectivity index (χ1) is 10.3. The Morgan fingerprint density at radius 2 is 1.91 bits per heavy atom. The number of nitrogens with one attached hydrogen (secondary N) is 1. The molecule has 0 aromatic heterocycles. The number of aliphatic hydroxyl groups is 1. The summed E-state index contributed by atoms with van der Waals surface area (Å²) in [5.74, 6) is -1.08. The third-order valence-electron chi connectivity index (χ3n) is 4.30. The highest BCUT2D eigenvalue weighted by molar-refractivity contribution is 5.87. The zero-order chi connectivity index (χ0) is 16.8. The fourth-order valence-corrected chi connectivity index (χ4v) is 3.13. The second kappa shape index (κ2) is 8.12. The molecule has 1 fully saturated rings. The smallest absolute Gasteiger partial charge is 0.244 e. The van der Waals surface area contributed by atoms with Crippen LogP contribution in [0.3, 0.4) is 0 Å². The largest absolute Gasteiger partial charge is 0.396 e. The zero-order valence-corrected chi connectivity index (χ0v) is 13.4. The second-order valence-electron chi connectivity index (χ2n) is 6.32. The van der Waals surface area contributed by atoms with Crippen LogP contribution in [-0.4, -0.2) is 54.0 Å². The predicted molar refractivity (Wildman–Crippen MR) is 81.7 cm³/mol. The fourth-order valence-electron chi connectivity index (χ4n) is 3.13. The summed E-state index contributed by atoms with van der Waals surface area (Å²) in [5, 5.41) is 12.2. The van der Waals surface area contributed by atoms with Crippen molar-refractivity contribution in [2.75, 3.05) is 20.2 Å². The van der Waals surface area contributed by atoms with Crippen molar-refractivity contribution in [3.8, 4) is 0 Å². The monoisotopic (exact) mass is 313 g/mol. The lowest BCUT2D eigenvalue weighted by molar-refractivity contribution is -0.137. The minimum Gasteiger partial charge on any atom is -0.396 e. The number of hydrogen-bond donors (Lipinski definition) is 3. The van der Waals surface area contributed by atoms with Crippen LogP contribution in [0.25, 0.3) is 0 Å². The minimum absolute atomic E-state index is 0.0374. The van der Waals surface area contributed by atoms with Gasteiger partial charge in [0.1, 0.15) is 6.04 Å². The van der Waals surface area contributed by atoms with E-state index in [0.717, 1.165) is 25.7 Å². The molecule has 7 nitrogen and oxygen atoms in total. The van der Waals surface area contributed by atoms with Crippen molar-refractivity contribution in [1.82, 2.24) is 10.2 Å². The molecule has 0 spiro atoms. The molecule has 0 radical (unpaired) electrons. The van der Waals surface area contributed by atoms with E-state index in [1.54, 1.807) is 11.9 Å². The Hall–Kier alpha value is -1.63. The highest BCUT2D eigenvalue weighted by atomic mass is 16.3. The van der Waals surface area contributed by atoms with Gasteiger partial charge >= 0.3 is 0 Å². The third-order valence-corrected chi connectivity index (χ3v) is 4.30. The minimum atomic E-state index is -0.757. The highest BCUT2D eigenvalue weighted by Gasteiger charge is 2.36. The van der Waals surface area contributed by atoms with E-state index in [1.807, 2.05) is 0 Å². The number of nitrogens with two attached hydrogens (primary N) is 1. The molecule has 0 bridgehead atoms. The molecule has 1 atom stereocenters. The van der Waals surface area contributed by atoms with Crippen LogP contribution in [0.1, 0.15) is 45.4 Å². The maximum Gasteiger partial charge on any atom is 0.244 e. The Labute approximate surface area is 131 Å². The van der Waals surface area contributed by atoms with E-state index in [-0.39, 0.29) is 36.7 Å². The zero-order valence-electron chi connectivity index (χ0n) is 13.4. The molecule has 1 aliphatic carbocycles. The summed E-state index contributed by atoms with van der Waals surface area (Å²) in [6.45, 7) is 1.84. The van der Waals surface area contributed by atoms with Crippen molar-refractivity contribution in [3.05, 3.63) is 0 Å². The maximum atomic E-state index is 12.5. The summed E-state index contributed by atoms with van der Waals surface area (Å²) in [5.41, 5.74) is 4.87. The summed E-state index contributed by atoms with van der Waals surface area (Å²) in [6, 6.07) is -0.757. The molecule has 0 unspecified atom stereocenters. The first kappa shape index (κ1) is 18.4. The number of carbonyl (C=O) groups is 3. The number of nitrogens with zero attached hydrogens (tertiary/aromatic N) is 1. The van der Waals surface area contributed by atoms with Crippen molar-refractivity contribution in [2.45, 2.75) is 51.5 Å². The van der Waals surface area contributed by atoms with Gasteiger partial charge in [0, 0.05) is 32.4 Å². The number of hydrogen-bond acceptors (Lipinski definition) is 4. The van der Waals surface area contributed by atoms with Crippen LogP contribution < -0.4 is 11.1 Å². The number of carbonyl (C=O) groups excluding carboxylic acids is 3. The summed E-state index contributed by atoms with van der Waals surface area (Å²) in [4.78, 5) is 36.2. The van der Waals surface area contributed by atoms with Crippen LogP contribution in [0.15, 0.2) is 0 Å². The SMILES string of the molecule is CC(=O)N[C@@H](CCC(N)=O)C(=O)N(C)CC1(CO)CCCC1. The second-order valence-corrected chi connectivity index (χ2v) is 6.32. The van der Waals surface area contributed by atoms with Gasteiger partial charge in [-0.3, -0.25) is 14.4 Å². The van der Waals surface area contributed by atoms with E-state index in [0.29, 0.717) is 6.54 Å². The Morgan fingerprint density at radius 1 is 1.32 bits per heavy atom. The Balaban J connectivity index is 2.69. The van der Waals surface area contributed by atoms with E-state index < -0.39 is 11.9 Å². The van der Waals surface area contributed by atoms with Gasteiger partial charge in [-0.2, -0.15) is 0 Å². The van der Waals surface area contributed by atoms with Crippen LogP contribution in [-0.2, 0) is 14.4 Å². The van der Waals surface area contributed by atoms with Gasteiger partial charge in [0.2, 0.25) is 17.7 Å². The van der Waals surface area contributed by atoms with Crippen molar-refractivity contribution >= 4 is 17.7 Å². The topological polar surface area (TPSA) is 113 Å². The van der Waals surface area contributed by atoms with Crippen molar-refractivity contribution in [3.63, 3.8) is 0 Å². The molecular weight excluding hydrogens is 286 g/mol. The van der Waals surface area contributed by atoms with Gasteiger partial charge in [-0.05, 0) is 19.3 Å². The Morgan fingerprint density at radius 3 is 2.36 bits per heavy atom. The average molecular weight is 313 g/mol. The summed E-state index contributed by atoms with van der Waals surface area (Å²) in [6.07, 6.45) is 4.12. The van der Waals surface area contributed by atoms with E-state index in [1.165, 1.54) is 6.92 Å². The Kier molecular flexibility index (Phi) is 6.80. The lowest BCUT2D eigenvalue weighted by Crippen LogP contribution is -2.50. The number of amides is 3. The molecule has 7 heteroatoms. The van der Waals surface area contributed by atoms with Crippen LogP contribution in [0.4, 0.5) is 0 Å². The van der Waals surface area contributed by atoms with Gasteiger partial charge in [0.25, 0.3) is 0 Å². The molecule has 0 aromatic rings. The summed E-state index contributed by atoms with van der Waals surface area (Å²) >= 11 is 0. The standard InChI is InChI=1S/C15H27N3O4/c1-11(20)17-12(5-6-13(16)21)14(22)18(2)9-15(10-19)7-3-4-8-15/h12,19H,3-10H2,1-2H3,(H2,16,21)(H,17,20)/t12-/m0/s1.